The zero-order valence-electron chi connectivity index (χ0n) is 9.40. The van der Waals surface area contributed by atoms with E-state index in [1.165, 1.54) is 0 Å². The zero-order chi connectivity index (χ0) is 12.0. The van der Waals surface area contributed by atoms with Crippen LogP contribution in [-0.4, -0.2) is 21.7 Å². The summed E-state index contributed by atoms with van der Waals surface area (Å²) in [4.78, 5) is 14.0. The van der Waals surface area contributed by atoms with Gasteiger partial charge in [0, 0.05) is 17.6 Å². The lowest BCUT2D eigenvalue weighted by Gasteiger charge is -2.09. The second-order valence-corrected chi connectivity index (χ2v) is 5.27. The fourth-order valence-electron chi connectivity index (χ4n) is 2.25. The van der Waals surface area contributed by atoms with Gasteiger partial charge in [0.2, 0.25) is 0 Å². The van der Waals surface area contributed by atoms with Gasteiger partial charge in [-0.15, -0.1) is 0 Å². The lowest BCUT2D eigenvalue weighted by atomic mass is 10.3. The molecule has 0 amide bonds. The maximum atomic E-state index is 11.8. The Bertz CT molecular complexity index is 629. The van der Waals surface area contributed by atoms with Crippen LogP contribution in [0.15, 0.2) is 33.5 Å². The van der Waals surface area contributed by atoms with Gasteiger partial charge < -0.3 is 0 Å². The third-order valence-corrected chi connectivity index (χ3v) is 3.51. The Morgan fingerprint density at radius 1 is 1.35 bits per heavy atom. The number of nitrogens with one attached hydrogen (secondary N) is 1. The lowest BCUT2D eigenvalue weighted by Crippen LogP contribution is -2.16. The first-order valence-corrected chi connectivity index (χ1v) is 6.22. The Morgan fingerprint density at radius 3 is 2.94 bits per heavy atom. The molecule has 1 aromatic heterocycles. The molecule has 17 heavy (non-hydrogen) atoms. The zero-order valence-corrected chi connectivity index (χ0v) is 11.0. The first-order chi connectivity index (χ1) is 8.15. The quantitative estimate of drug-likeness (QED) is 0.872. The molecule has 0 atom stereocenters. The topological polar surface area (TPSA) is 41.0 Å². The summed E-state index contributed by atoms with van der Waals surface area (Å²) in [6.45, 7) is 1.53. The first-order valence-electron chi connectivity index (χ1n) is 5.42. The van der Waals surface area contributed by atoms with Crippen molar-refractivity contribution in [2.75, 3.05) is 7.05 Å². The second-order valence-electron chi connectivity index (χ2n) is 4.35. The molecule has 1 aliphatic heterocycles. The highest BCUT2D eigenvalue weighted by atomic mass is 79.9. The van der Waals surface area contributed by atoms with Gasteiger partial charge in [0.1, 0.15) is 0 Å². The number of hydrogen-bond acceptors (Lipinski definition) is 2. The maximum absolute atomic E-state index is 11.8. The number of aromatic nitrogens is 2. The summed E-state index contributed by atoms with van der Waals surface area (Å²) in [6, 6.07) is 7.91. The lowest BCUT2D eigenvalue weighted by molar-refractivity contribution is 0.345. The Kier molecular flexibility index (Phi) is 2.45. The Morgan fingerprint density at radius 2 is 2.18 bits per heavy atom. The largest absolute Gasteiger partial charge is 0.296 e. The SMILES string of the molecule is CN1Cc2c(n(-c3cccc(Br)c3)[nH]c2=O)C1. The molecule has 5 heteroatoms. The van der Waals surface area contributed by atoms with E-state index >= 15 is 0 Å². The van der Waals surface area contributed by atoms with Crippen molar-refractivity contribution >= 4 is 15.9 Å². The molecule has 1 aliphatic rings. The van der Waals surface area contributed by atoms with Crippen LogP contribution in [0.25, 0.3) is 5.69 Å². The minimum Gasteiger partial charge on any atom is -0.296 e. The molecule has 0 aliphatic carbocycles. The first kappa shape index (κ1) is 10.8. The molecule has 0 radical (unpaired) electrons. The average molecular weight is 294 g/mol. The van der Waals surface area contributed by atoms with Crippen molar-refractivity contribution in [1.82, 2.24) is 14.7 Å². The molecule has 0 saturated heterocycles. The molecule has 0 saturated carbocycles. The fraction of sp³-hybridized carbons (Fsp3) is 0.250. The number of fused-ring (bicyclic) bond motifs is 1. The number of H-pyrrole nitrogens is 1. The Hall–Kier alpha value is -1.33. The van der Waals surface area contributed by atoms with E-state index in [2.05, 4.69) is 25.9 Å². The highest BCUT2D eigenvalue weighted by Gasteiger charge is 2.24. The van der Waals surface area contributed by atoms with Crippen LogP contribution < -0.4 is 5.56 Å². The van der Waals surface area contributed by atoms with E-state index in [0.29, 0.717) is 0 Å². The van der Waals surface area contributed by atoms with E-state index in [-0.39, 0.29) is 5.56 Å². The van der Waals surface area contributed by atoms with Crippen molar-refractivity contribution < 1.29 is 0 Å². The van der Waals surface area contributed by atoms with E-state index in [1.54, 1.807) is 0 Å². The third kappa shape index (κ3) is 1.75. The third-order valence-electron chi connectivity index (χ3n) is 3.02. The number of rotatable bonds is 1. The van der Waals surface area contributed by atoms with Crippen molar-refractivity contribution in [3.05, 3.63) is 50.3 Å². The summed E-state index contributed by atoms with van der Waals surface area (Å²) < 4.78 is 2.89. The molecule has 0 fully saturated rings. The number of nitrogens with zero attached hydrogens (tertiary/aromatic N) is 2. The monoisotopic (exact) mass is 293 g/mol. The molecular formula is C12H12BrN3O. The molecular weight excluding hydrogens is 282 g/mol. The second kappa shape index (κ2) is 3.85. The highest BCUT2D eigenvalue weighted by molar-refractivity contribution is 9.10. The molecule has 1 aromatic carbocycles. The molecule has 88 valence electrons. The van der Waals surface area contributed by atoms with Gasteiger partial charge >= 0.3 is 0 Å². The molecule has 1 N–H and O–H groups in total. The van der Waals surface area contributed by atoms with Crippen LogP contribution in [0.1, 0.15) is 11.3 Å². The molecule has 0 bridgehead atoms. The van der Waals surface area contributed by atoms with E-state index < -0.39 is 0 Å². The maximum Gasteiger partial charge on any atom is 0.269 e. The van der Waals surface area contributed by atoms with Crippen LogP contribution in [0.3, 0.4) is 0 Å². The average Bonchev–Trinajstić information content (AvgIpc) is 2.79. The predicted molar refractivity (Wildman–Crippen MR) is 69.3 cm³/mol. The van der Waals surface area contributed by atoms with Gasteiger partial charge in [-0.25, -0.2) is 0 Å². The van der Waals surface area contributed by atoms with E-state index in [4.69, 9.17) is 0 Å². The summed E-state index contributed by atoms with van der Waals surface area (Å²) in [5, 5.41) is 2.89. The van der Waals surface area contributed by atoms with Gasteiger partial charge in [-0.1, -0.05) is 22.0 Å². The minimum absolute atomic E-state index is 0.0179. The smallest absolute Gasteiger partial charge is 0.269 e. The van der Waals surface area contributed by atoms with E-state index in [0.717, 1.165) is 34.5 Å². The highest BCUT2D eigenvalue weighted by Crippen LogP contribution is 2.22. The number of halogens is 1. The van der Waals surface area contributed by atoms with Crippen molar-refractivity contribution in [2.45, 2.75) is 13.1 Å². The van der Waals surface area contributed by atoms with Gasteiger partial charge in [-0.2, -0.15) is 0 Å². The Balaban J connectivity index is 2.17. The van der Waals surface area contributed by atoms with Gasteiger partial charge in [0.15, 0.2) is 0 Å². The number of hydrogen-bond donors (Lipinski definition) is 1. The van der Waals surface area contributed by atoms with Crippen LogP contribution in [0.5, 0.6) is 0 Å². The van der Waals surface area contributed by atoms with Crippen molar-refractivity contribution in [2.24, 2.45) is 0 Å². The molecule has 4 nitrogen and oxygen atoms in total. The molecule has 0 unspecified atom stereocenters. The molecule has 2 aromatic rings. The van der Waals surface area contributed by atoms with E-state index in [1.807, 2.05) is 36.0 Å². The van der Waals surface area contributed by atoms with Crippen molar-refractivity contribution in [1.29, 1.82) is 0 Å². The summed E-state index contributed by atoms with van der Waals surface area (Å²) >= 11 is 3.44. The normalized spacial score (nSPS) is 15.2. The molecule has 3 rings (SSSR count). The van der Waals surface area contributed by atoms with Gasteiger partial charge in [-0.3, -0.25) is 19.5 Å². The Labute approximate surface area is 107 Å². The summed E-state index contributed by atoms with van der Waals surface area (Å²) in [5.41, 5.74) is 2.94. The van der Waals surface area contributed by atoms with Crippen LogP contribution >= 0.6 is 15.9 Å². The van der Waals surface area contributed by atoms with Crippen molar-refractivity contribution in [3.63, 3.8) is 0 Å². The number of benzene rings is 1. The molecule has 2 heterocycles. The molecule has 0 spiro atoms. The predicted octanol–water partition coefficient (Wildman–Crippen LogP) is 1.87. The summed E-state index contributed by atoms with van der Waals surface area (Å²) in [5.74, 6) is 0. The van der Waals surface area contributed by atoms with Crippen LogP contribution in [-0.2, 0) is 13.1 Å². The number of aromatic amines is 1. The van der Waals surface area contributed by atoms with Gasteiger partial charge in [0.25, 0.3) is 5.56 Å². The fourth-order valence-corrected chi connectivity index (χ4v) is 2.64. The van der Waals surface area contributed by atoms with Crippen LogP contribution in [0.2, 0.25) is 0 Å². The van der Waals surface area contributed by atoms with Gasteiger partial charge in [0.05, 0.1) is 16.9 Å². The van der Waals surface area contributed by atoms with Crippen LogP contribution in [0, 0.1) is 0 Å². The van der Waals surface area contributed by atoms with Gasteiger partial charge in [-0.05, 0) is 25.2 Å². The van der Waals surface area contributed by atoms with E-state index in [9.17, 15) is 4.79 Å². The minimum atomic E-state index is 0.0179. The van der Waals surface area contributed by atoms with Crippen LogP contribution in [0.4, 0.5) is 0 Å². The standard InChI is InChI=1S/C12H12BrN3O/c1-15-6-10-11(7-15)16(14-12(10)17)9-4-2-3-8(13)5-9/h2-5H,6-7H2,1H3,(H,14,17). The summed E-state index contributed by atoms with van der Waals surface area (Å²) in [7, 11) is 2.02. The van der Waals surface area contributed by atoms with Crippen molar-refractivity contribution in [3.8, 4) is 5.69 Å². The summed E-state index contributed by atoms with van der Waals surface area (Å²) in [6.07, 6.45) is 0.